The third kappa shape index (κ3) is 22.1. The van der Waals surface area contributed by atoms with Gasteiger partial charge in [-0.3, -0.25) is 14.1 Å². The Kier molecular flexibility index (Phi) is 24.2. The van der Waals surface area contributed by atoms with E-state index in [1.54, 1.807) is 0 Å². The van der Waals surface area contributed by atoms with E-state index in [0.29, 0.717) is 6.42 Å². The normalized spacial score (nSPS) is 12.2. The molecule has 0 aromatic carbocycles. The molecule has 7 nitrogen and oxygen atoms in total. The molecule has 180 valence electrons. The number of carbonyl (C=O) groups is 2. The van der Waals surface area contributed by atoms with Crippen molar-refractivity contribution in [1.82, 2.24) is 0 Å². The summed E-state index contributed by atoms with van der Waals surface area (Å²) in [6.45, 7) is 2.27. The maximum absolute atomic E-state index is 11.7. The quantitative estimate of drug-likeness (QED) is 0.110. The van der Waals surface area contributed by atoms with Crippen LogP contribution in [0.3, 0.4) is 0 Å². The molecule has 2 N–H and O–H groups in total. The zero-order valence-electron chi connectivity index (χ0n) is 20.6. The summed E-state index contributed by atoms with van der Waals surface area (Å²) in [6.07, 6.45) is 18.5. The molecule has 0 aliphatic carbocycles. The fraction of sp³-hybridized carbons (Fsp3) is 0.909. The van der Waals surface area contributed by atoms with E-state index in [0.717, 1.165) is 19.3 Å². The maximum atomic E-state index is 11.7. The number of carbonyl (C=O) groups excluding carboxylic acids is 1. The zero-order valence-corrected chi connectivity index (χ0v) is 23.6. The van der Waals surface area contributed by atoms with E-state index in [1.807, 2.05) is 0 Å². The molecular weight excluding hydrogens is 447 g/mol. The Balaban J connectivity index is -0.00000420. The molecule has 1 atom stereocenters. The van der Waals surface area contributed by atoms with Gasteiger partial charge >= 0.3 is 63.3 Å². The van der Waals surface area contributed by atoms with Crippen LogP contribution in [0.25, 0.3) is 0 Å². The molecule has 0 spiro atoms. The first kappa shape index (κ1) is 33.7. The van der Waals surface area contributed by atoms with Crippen LogP contribution < -0.4 is 51.4 Å². The molecular formula is C22H43KO7S. The summed E-state index contributed by atoms with van der Waals surface area (Å²) >= 11 is 0. The number of hydrogen-bond acceptors (Lipinski definition) is 5. The van der Waals surface area contributed by atoms with Crippen molar-refractivity contribution >= 4 is 22.1 Å². The van der Waals surface area contributed by atoms with Crippen LogP contribution >= 0.6 is 0 Å². The van der Waals surface area contributed by atoms with Gasteiger partial charge < -0.3 is 11.3 Å². The van der Waals surface area contributed by atoms with Crippen molar-refractivity contribution in [2.45, 2.75) is 121 Å². The van der Waals surface area contributed by atoms with Gasteiger partial charge in [-0.15, -0.1) is 0 Å². The van der Waals surface area contributed by atoms with E-state index in [-0.39, 0.29) is 59.4 Å². The third-order valence-corrected chi connectivity index (χ3v) is 6.30. The molecule has 31 heavy (non-hydrogen) atoms. The molecule has 0 heterocycles. The molecule has 0 bridgehead atoms. The molecule has 0 aromatic rings. The molecule has 1 unspecified atom stereocenters. The molecule has 0 aliphatic heterocycles. The van der Waals surface area contributed by atoms with Gasteiger partial charge in [-0.2, -0.15) is 8.42 Å². The van der Waals surface area contributed by atoms with Gasteiger partial charge in [0.05, 0.1) is 13.0 Å². The van der Waals surface area contributed by atoms with Crippen molar-refractivity contribution < 1.29 is 85.2 Å². The van der Waals surface area contributed by atoms with Gasteiger partial charge in [0.1, 0.15) is 0 Å². The first-order valence-electron chi connectivity index (χ1n) is 11.6. The first-order chi connectivity index (χ1) is 14.3. The van der Waals surface area contributed by atoms with Crippen molar-refractivity contribution in [1.29, 1.82) is 0 Å². The second kappa shape index (κ2) is 22.3. The van der Waals surface area contributed by atoms with Gasteiger partial charge in [-0.25, -0.2) is 0 Å². The summed E-state index contributed by atoms with van der Waals surface area (Å²) in [6, 6.07) is 0. The van der Waals surface area contributed by atoms with Crippen molar-refractivity contribution in [2.75, 3.05) is 6.61 Å². The second-order valence-electron chi connectivity index (χ2n) is 8.07. The van der Waals surface area contributed by atoms with Crippen molar-refractivity contribution in [3.05, 3.63) is 0 Å². The average Bonchev–Trinajstić information content (AvgIpc) is 2.67. The summed E-state index contributed by atoms with van der Waals surface area (Å²) in [4.78, 5) is 22.3. The summed E-state index contributed by atoms with van der Waals surface area (Å²) in [5.74, 6) is -2.70. The topological polar surface area (TPSA) is 118 Å². The summed E-state index contributed by atoms with van der Waals surface area (Å²) < 4.78 is 35.9. The Labute approximate surface area is 233 Å². The zero-order chi connectivity index (χ0) is 22.7. The van der Waals surface area contributed by atoms with Crippen LogP contribution in [0.2, 0.25) is 0 Å². The average molecular weight is 491 g/mol. The van der Waals surface area contributed by atoms with Crippen molar-refractivity contribution in [3.8, 4) is 0 Å². The number of aliphatic carboxylic acids is 1. The SMILES string of the molecule is CCCCCCCCCCCCCCCCCCOC(=O)C(CC(=O)O)S(=O)(=O)O.[H-].[K+]. The van der Waals surface area contributed by atoms with Crippen LogP contribution in [0.15, 0.2) is 0 Å². The molecule has 0 aliphatic rings. The van der Waals surface area contributed by atoms with E-state index in [9.17, 15) is 18.0 Å². The van der Waals surface area contributed by atoms with Crippen LogP contribution in [0.1, 0.15) is 118 Å². The summed E-state index contributed by atoms with van der Waals surface area (Å²) in [5, 5.41) is 6.57. The molecule has 0 amide bonds. The monoisotopic (exact) mass is 490 g/mol. The number of ether oxygens (including phenoxy) is 1. The predicted octanol–water partition coefficient (Wildman–Crippen LogP) is 2.64. The Morgan fingerprint density at radius 3 is 1.45 bits per heavy atom. The van der Waals surface area contributed by atoms with Gasteiger partial charge in [0, 0.05) is 0 Å². The molecule has 9 heteroatoms. The second-order valence-corrected chi connectivity index (χ2v) is 9.67. The molecule has 0 aromatic heterocycles. The largest absolute Gasteiger partial charge is 1.00 e. The van der Waals surface area contributed by atoms with Crippen LogP contribution in [0, 0.1) is 0 Å². The van der Waals surface area contributed by atoms with Gasteiger partial charge in [-0.1, -0.05) is 103 Å². The number of carboxylic acid groups (broad SMARTS) is 1. The van der Waals surface area contributed by atoms with Crippen molar-refractivity contribution in [3.63, 3.8) is 0 Å². The Morgan fingerprint density at radius 1 is 0.774 bits per heavy atom. The number of unbranched alkanes of at least 4 members (excludes halogenated alkanes) is 15. The smallest absolute Gasteiger partial charge is 1.00 e. The fourth-order valence-electron chi connectivity index (χ4n) is 3.38. The molecule has 0 saturated carbocycles. The van der Waals surface area contributed by atoms with Crippen LogP contribution in [0.5, 0.6) is 0 Å². The summed E-state index contributed by atoms with van der Waals surface area (Å²) in [7, 11) is -4.79. The summed E-state index contributed by atoms with van der Waals surface area (Å²) in [5.41, 5.74) is 0. The van der Waals surface area contributed by atoms with Crippen LogP contribution in [0.4, 0.5) is 0 Å². The minimum absolute atomic E-state index is 0. The Bertz CT molecular complexity index is 558. The first-order valence-corrected chi connectivity index (χ1v) is 13.1. The number of esters is 1. The Hall–Kier alpha value is 0.486. The van der Waals surface area contributed by atoms with Gasteiger partial charge in [0.2, 0.25) is 0 Å². The number of carboxylic acids is 1. The standard InChI is InChI=1S/C22H42O7S.K.H/c1-2-3-4-5-6-7-8-9-10-11-12-13-14-15-16-17-18-29-22(25)20(19-21(23)24)30(26,27)28;;/h20H,2-19H2,1H3,(H,23,24)(H,26,27,28);;/q;+1;-1. The van der Waals surface area contributed by atoms with Gasteiger partial charge in [0.25, 0.3) is 10.1 Å². The third-order valence-electron chi connectivity index (χ3n) is 5.22. The fourth-order valence-corrected chi connectivity index (χ4v) is 4.05. The van der Waals surface area contributed by atoms with Gasteiger partial charge in [-0.05, 0) is 6.42 Å². The molecule has 0 rings (SSSR count). The predicted molar refractivity (Wildman–Crippen MR) is 119 cm³/mol. The van der Waals surface area contributed by atoms with Gasteiger partial charge in [0.15, 0.2) is 5.25 Å². The van der Waals surface area contributed by atoms with E-state index in [4.69, 9.17) is 14.4 Å². The maximum Gasteiger partial charge on any atom is 1.00 e. The van der Waals surface area contributed by atoms with E-state index in [2.05, 4.69) is 6.92 Å². The van der Waals surface area contributed by atoms with Crippen LogP contribution in [-0.2, 0) is 24.4 Å². The van der Waals surface area contributed by atoms with E-state index in [1.165, 1.54) is 77.0 Å². The van der Waals surface area contributed by atoms with E-state index >= 15 is 0 Å². The minimum atomic E-state index is -4.79. The van der Waals surface area contributed by atoms with Crippen molar-refractivity contribution in [2.24, 2.45) is 0 Å². The minimum Gasteiger partial charge on any atom is -1.00 e. The molecule has 0 radical (unpaired) electrons. The van der Waals surface area contributed by atoms with Crippen LogP contribution in [-0.4, -0.2) is 41.9 Å². The number of rotatable bonds is 21. The molecule has 0 saturated heterocycles. The Morgan fingerprint density at radius 2 is 1.13 bits per heavy atom. The number of hydrogen-bond donors (Lipinski definition) is 2. The van der Waals surface area contributed by atoms with E-state index < -0.39 is 33.7 Å². The molecule has 0 fully saturated rings.